The van der Waals surface area contributed by atoms with Gasteiger partial charge in [0.15, 0.2) is 0 Å². The Hall–Kier alpha value is -4.62. The standard InChI is InChI=1S/C33H28N2O2/c1-3-33(4-2)30-20-23(19-24(22-34)32(36)37)15-17-28(30)29-18-16-27(21-31(29)33)35(25-11-7-5-8-12-25)26-13-9-6-10-14-26/h5-21H,3-4H2,1-2H3,(H,36,37)/b24-19-. The Balaban J connectivity index is 1.68. The van der Waals surface area contributed by atoms with E-state index in [1.807, 2.05) is 18.2 Å². The molecule has 0 amide bonds. The topological polar surface area (TPSA) is 64.3 Å². The van der Waals surface area contributed by atoms with Gasteiger partial charge in [-0.05, 0) is 83.1 Å². The van der Waals surface area contributed by atoms with Crippen molar-refractivity contribution in [3.63, 3.8) is 0 Å². The lowest BCUT2D eigenvalue weighted by atomic mass is 9.73. The first kappa shape index (κ1) is 24.1. The summed E-state index contributed by atoms with van der Waals surface area (Å²) in [5, 5.41) is 18.6. The van der Waals surface area contributed by atoms with E-state index in [4.69, 9.17) is 0 Å². The van der Waals surface area contributed by atoms with Crippen LogP contribution in [0.15, 0.2) is 103 Å². The largest absolute Gasteiger partial charge is 0.477 e. The first-order valence-electron chi connectivity index (χ1n) is 12.6. The maximum Gasteiger partial charge on any atom is 0.346 e. The fourth-order valence-electron chi connectivity index (χ4n) is 5.65. The Bertz CT molecular complexity index is 1490. The summed E-state index contributed by atoms with van der Waals surface area (Å²) in [5.74, 6) is -1.21. The number of rotatable bonds is 7. The molecule has 4 aromatic rings. The lowest BCUT2D eigenvalue weighted by Gasteiger charge is -2.32. The molecule has 182 valence electrons. The zero-order chi connectivity index (χ0) is 26.0. The first-order valence-corrected chi connectivity index (χ1v) is 12.6. The predicted octanol–water partition coefficient (Wildman–Crippen LogP) is 8.23. The zero-order valence-electron chi connectivity index (χ0n) is 21.0. The molecule has 0 unspecified atom stereocenters. The molecule has 1 aliphatic carbocycles. The van der Waals surface area contributed by atoms with Gasteiger partial charge in [-0.25, -0.2) is 4.79 Å². The van der Waals surface area contributed by atoms with Gasteiger partial charge in [-0.15, -0.1) is 0 Å². The molecular weight excluding hydrogens is 456 g/mol. The number of fused-ring (bicyclic) bond motifs is 3. The van der Waals surface area contributed by atoms with Crippen LogP contribution in [-0.2, 0) is 10.2 Å². The van der Waals surface area contributed by atoms with Crippen molar-refractivity contribution in [2.24, 2.45) is 0 Å². The molecule has 4 aromatic carbocycles. The maximum atomic E-state index is 11.4. The second-order valence-corrected chi connectivity index (χ2v) is 9.31. The van der Waals surface area contributed by atoms with Gasteiger partial charge in [0.05, 0.1) is 0 Å². The molecule has 37 heavy (non-hydrogen) atoms. The van der Waals surface area contributed by atoms with Crippen LogP contribution in [0.4, 0.5) is 17.1 Å². The van der Waals surface area contributed by atoms with E-state index in [1.165, 1.54) is 28.3 Å². The van der Waals surface area contributed by atoms with E-state index in [9.17, 15) is 15.2 Å². The van der Waals surface area contributed by atoms with Crippen LogP contribution in [-0.4, -0.2) is 11.1 Å². The third-order valence-corrected chi connectivity index (χ3v) is 7.52. The van der Waals surface area contributed by atoms with Crippen molar-refractivity contribution in [1.82, 2.24) is 0 Å². The predicted molar refractivity (Wildman–Crippen MR) is 149 cm³/mol. The van der Waals surface area contributed by atoms with E-state index in [1.54, 1.807) is 6.07 Å². The minimum atomic E-state index is -1.21. The van der Waals surface area contributed by atoms with Gasteiger partial charge in [-0.3, -0.25) is 0 Å². The molecule has 5 rings (SSSR count). The molecule has 4 nitrogen and oxygen atoms in total. The molecule has 0 atom stereocenters. The first-order chi connectivity index (χ1) is 18.0. The molecule has 1 N–H and O–H groups in total. The number of carboxylic acid groups (broad SMARTS) is 1. The highest BCUT2D eigenvalue weighted by Gasteiger charge is 2.41. The SMILES string of the molecule is CCC1(CC)c2cc(/C=C(/C#N)C(=O)O)ccc2-c2ccc(N(c3ccccc3)c3ccccc3)cc21. The van der Waals surface area contributed by atoms with E-state index >= 15 is 0 Å². The van der Waals surface area contributed by atoms with Crippen LogP contribution in [0.5, 0.6) is 0 Å². The van der Waals surface area contributed by atoms with Gasteiger partial charge >= 0.3 is 5.97 Å². The van der Waals surface area contributed by atoms with Crippen LogP contribution in [0.3, 0.4) is 0 Å². The van der Waals surface area contributed by atoms with Crippen molar-refractivity contribution in [2.75, 3.05) is 4.90 Å². The van der Waals surface area contributed by atoms with E-state index in [0.29, 0.717) is 0 Å². The van der Waals surface area contributed by atoms with Gasteiger partial charge < -0.3 is 10.0 Å². The Morgan fingerprint density at radius 1 is 0.811 bits per heavy atom. The van der Waals surface area contributed by atoms with E-state index in [-0.39, 0.29) is 11.0 Å². The summed E-state index contributed by atoms with van der Waals surface area (Å²) in [6.07, 6.45) is 3.27. The van der Waals surface area contributed by atoms with Crippen LogP contribution in [0.25, 0.3) is 17.2 Å². The Labute approximate surface area is 217 Å². The smallest absolute Gasteiger partial charge is 0.346 e. The van der Waals surface area contributed by atoms with E-state index in [0.717, 1.165) is 35.5 Å². The van der Waals surface area contributed by atoms with Crippen molar-refractivity contribution in [2.45, 2.75) is 32.1 Å². The molecule has 0 saturated carbocycles. The highest BCUT2D eigenvalue weighted by Crippen LogP contribution is 2.54. The molecule has 0 fully saturated rings. The number of para-hydroxylation sites is 2. The summed E-state index contributed by atoms with van der Waals surface area (Å²) in [5.41, 5.74) is 8.37. The van der Waals surface area contributed by atoms with Crippen molar-refractivity contribution >= 4 is 29.1 Å². The number of carboxylic acids is 1. The van der Waals surface area contributed by atoms with E-state index < -0.39 is 5.97 Å². The van der Waals surface area contributed by atoms with Crippen molar-refractivity contribution in [3.8, 4) is 17.2 Å². The summed E-state index contributed by atoms with van der Waals surface area (Å²) >= 11 is 0. The summed E-state index contributed by atoms with van der Waals surface area (Å²) in [4.78, 5) is 13.7. The average Bonchev–Trinajstić information content (AvgIpc) is 3.21. The fourth-order valence-corrected chi connectivity index (χ4v) is 5.65. The van der Waals surface area contributed by atoms with Gasteiger partial charge in [-0.2, -0.15) is 5.26 Å². The van der Waals surface area contributed by atoms with Gasteiger partial charge in [0.25, 0.3) is 0 Å². The summed E-state index contributed by atoms with van der Waals surface area (Å²) in [6.45, 7) is 4.42. The number of carbonyl (C=O) groups is 1. The van der Waals surface area contributed by atoms with Crippen LogP contribution >= 0.6 is 0 Å². The summed E-state index contributed by atoms with van der Waals surface area (Å²) < 4.78 is 0. The lowest BCUT2D eigenvalue weighted by Crippen LogP contribution is -2.23. The number of aliphatic carboxylic acids is 1. The minimum absolute atomic E-state index is 0.209. The average molecular weight is 485 g/mol. The number of anilines is 3. The molecule has 0 aliphatic heterocycles. The molecule has 0 spiro atoms. The van der Waals surface area contributed by atoms with Crippen LogP contribution in [0.1, 0.15) is 43.4 Å². The van der Waals surface area contributed by atoms with Gasteiger partial charge in [-0.1, -0.05) is 74.5 Å². The fraction of sp³-hybridized carbons (Fsp3) is 0.152. The third-order valence-electron chi connectivity index (χ3n) is 7.52. The molecule has 0 bridgehead atoms. The number of hydrogen-bond donors (Lipinski definition) is 1. The molecule has 0 saturated heterocycles. The summed E-state index contributed by atoms with van der Waals surface area (Å²) in [6, 6.07) is 35.3. The molecule has 4 heteroatoms. The second-order valence-electron chi connectivity index (χ2n) is 9.31. The number of nitrogens with zero attached hydrogens (tertiary/aromatic N) is 2. The van der Waals surface area contributed by atoms with Crippen molar-refractivity contribution in [1.29, 1.82) is 5.26 Å². The zero-order valence-corrected chi connectivity index (χ0v) is 21.0. The molecule has 1 aliphatic rings. The second kappa shape index (κ2) is 9.79. The Morgan fingerprint density at radius 2 is 1.35 bits per heavy atom. The third kappa shape index (κ3) is 4.09. The number of benzene rings is 4. The maximum absolute atomic E-state index is 11.4. The molecule has 0 heterocycles. The highest BCUT2D eigenvalue weighted by molar-refractivity contribution is 5.97. The van der Waals surface area contributed by atoms with Crippen LogP contribution in [0, 0.1) is 11.3 Å². The van der Waals surface area contributed by atoms with Crippen LogP contribution < -0.4 is 4.90 Å². The highest BCUT2D eigenvalue weighted by atomic mass is 16.4. The minimum Gasteiger partial charge on any atom is -0.477 e. The van der Waals surface area contributed by atoms with Gasteiger partial charge in [0.2, 0.25) is 0 Å². The molecule has 0 radical (unpaired) electrons. The normalized spacial score (nSPS) is 13.4. The summed E-state index contributed by atoms with van der Waals surface area (Å²) in [7, 11) is 0. The van der Waals surface area contributed by atoms with Crippen molar-refractivity contribution in [3.05, 3.63) is 119 Å². The molecular formula is C33H28N2O2. The van der Waals surface area contributed by atoms with E-state index in [2.05, 4.69) is 97.6 Å². The molecule has 0 aromatic heterocycles. The van der Waals surface area contributed by atoms with Gasteiger partial charge in [0, 0.05) is 22.5 Å². The Morgan fingerprint density at radius 3 is 1.86 bits per heavy atom. The quantitative estimate of drug-likeness (QED) is 0.212. The monoisotopic (exact) mass is 484 g/mol. The Kier molecular flexibility index (Phi) is 6.38. The van der Waals surface area contributed by atoms with Gasteiger partial charge in [0.1, 0.15) is 11.6 Å². The van der Waals surface area contributed by atoms with Crippen molar-refractivity contribution < 1.29 is 9.90 Å². The number of nitriles is 1. The lowest BCUT2D eigenvalue weighted by molar-refractivity contribution is -0.132. The number of hydrogen-bond acceptors (Lipinski definition) is 3. The van der Waals surface area contributed by atoms with Crippen LogP contribution in [0.2, 0.25) is 0 Å².